The van der Waals surface area contributed by atoms with E-state index in [-0.39, 0.29) is 5.60 Å². The maximum absolute atomic E-state index is 5.88. The number of rotatable bonds is 6. The van der Waals surface area contributed by atoms with Crippen LogP contribution in [-0.2, 0) is 13.6 Å². The first-order chi connectivity index (χ1) is 7.64. The number of hydrogen-bond donors (Lipinski definition) is 0. The smallest absolute Gasteiger partial charge is 0.334 e. The summed E-state index contributed by atoms with van der Waals surface area (Å²) in [5.41, 5.74) is 0.273. The molecule has 2 fully saturated rings. The molecule has 0 N–H and O–H groups in total. The molecule has 0 bridgehead atoms. The van der Waals surface area contributed by atoms with Crippen LogP contribution in [0, 0.1) is 0 Å². The standard InChI is InChI=1S/C12H24O3Si/c1-13-16(3,14-2)10-6-9-12-8-5-4-7-11(12)15-12/h11H,4-10H2,1-3H3. The van der Waals surface area contributed by atoms with Crippen LogP contribution in [0.5, 0.6) is 0 Å². The van der Waals surface area contributed by atoms with Gasteiger partial charge in [-0.2, -0.15) is 0 Å². The summed E-state index contributed by atoms with van der Waals surface area (Å²) >= 11 is 0. The zero-order chi connectivity index (χ0) is 11.6. The SMILES string of the molecule is CO[Si](C)(CCCC12CCCCC1O2)OC. The van der Waals surface area contributed by atoms with Crippen molar-refractivity contribution in [2.75, 3.05) is 14.2 Å². The molecule has 0 aromatic heterocycles. The van der Waals surface area contributed by atoms with Gasteiger partial charge in [-0.25, -0.2) is 0 Å². The highest BCUT2D eigenvalue weighted by Gasteiger charge is 2.56. The first-order valence-electron chi connectivity index (χ1n) is 6.42. The zero-order valence-electron chi connectivity index (χ0n) is 10.8. The summed E-state index contributed by atoms with van der Waals surface area (Å²) in [5.74, 6) is 0. The van der Waals surface area contributed by atoms with Crippen molar-refractivity contribution in [3.63, 3.8) is 0 Å². The van der Waals surface area contributed by atoms with Gasteiger partial charge in [-0.15, -0.1) is 0 Å². The minimum Gasteiger partial charge on any atom is -0.398 e. The minimum atomic E-state index is -1.85. The highest BCUT2D eigenvalue weighted by molar-refractivity contribution is 6.65. The predicted octanol–water partition coefficient (Wildman–Crippen LogP) is 2.84. The van der Waals surface area contributed by atoms with Crippen LogP contribution >= 0.6 is 0 Å². The highest BCUT2D eigenvalue weighted by atomic mass is 28.4. The number of fused-ring (bicyclic) bond motifs is 1. The summed E-state index contributed by atoms with van der Waals surface area (Å²) < 4.78 is 16.9. The molecular formula is C12H24O3Si. The number of hydrogen-bond acceptors (Lipinski definition) is 3. The maximum Gasteiger partial charge on any atom is 0.334 e. The molecule has 2 aliphatic rings. The second kappa shape index (κ2) is 4.76. The lowest BCUT2D eigenvalue weighted by Crippen LogP contribution is -2.36. The van der Waals surface area contributed by atoms with Crippen LogP contribution in [0.3, 0.4) is 0 Å². The van der Waals surface area contributed by atoms with Crippen molar-refractivity contribution >= 4 is 8.56 Å². The molecule has 0 aromatic rings. The van der Waals surface area contributed by atoms with E-state index in [2.05, 4.69) is 6.55 Å². The van der Waals surface area contributed by atoms with Gasteiger partial charge >= 0.3 is 8.56 Å². The largest absolute Gasteiger partial charge is 0.398 e. The molecule has 1 saturated carbocycles. The Hall–Kier alpha value is 0.0969. The van der Waals surface area contributed by atoms with E-state index in [0.29, 0.717) is 6.10 Å². The quantitative estimate of drug-likeness (QED) is 0.532. The van der Waals surface area contributed by atoms with Crippen molar-refractivity contribution in [1.82, 2.24) is 0 Å². The molecule has 0 radical (unpaired) electrons. The van der Waals surface area contributed by atoms with E-state index in [0.717, 1.165) is 6.04 Å². The average molecular weight is 244 g/mol. The summed E-state index contributed by atoms with van der Waals surface area (Å²) in [4.78, 5) is 0. The van der Waals surface area contributed by atoms with E-state index in [9.17, 15) is 0 Å². The zero-order valence-corrected chi connectivity index (χ0v) is 11.8. The lowest BCUT2D eigenvalue weighted by atomic mass is 9.86. The Balaban J connectivity index is 1.72. The van der Waals surface area contributed by atoms with Gasteiger partial charge in [-0.05, 0) is 38.3 Å². The van der Waals surface area contributed by atoms with Crippen molar-refractivity contribution in [3.8, 4) is 0 Å². The number of epoxide rings is 1. The topological polar surface area (TPSA) is 31.0 Å². The van der Waals surface area contributed by atoms with E-state index in [1.54, 1.807) is 14.2 Å². The van der Waals surface area contributed by atoms with Gasteiger partial charge in [-0.3, -0.25) is 0 Å². The molecule has 0 spiro atoms. The monoisotopic (exact) mass is 244 g/mol. The fraction of sp³-hybridized carbons (Fsp3) is 1.00. The van der Waals surface area contributed by atoms with Crippen LogP contribution in [0.2, 0.25) is 12.6 Å². The van der Waals surface area contributed by atoms with Crippen LogP contribution in [0.1, 0.15) is 38.5 Å². The van der Waals surface area contributed by atoms with Gasteiger partial charge < -0.3 is 13.6 Å². The third-order valence-corrected chi connectivity index (χ3v) is 7.31. The van der Waals surface area contributed by atoms with E-state index in [4.69, 9.17) is 13.6 Å². The minimum absolute atomic E-state index is 0.273. The van der Waals surface area contributed by atoms with Crippen molar-refractivity contribution < 1.29 is 13.6 Å². The summed E-state index contributed by atoms with van der Waals surface area (Å²) in [7, 11) is 1.69. The molecule has 0 aromatic carbocycles. The second-order valence-corrected chi connectivity index (χ2v) is 8.90. The molecule has 2 atom stereocenters. The maximum atomic E-state index is 5.88. The Labute approximate surface area is 99.7 Å². The predicted molar refractivity (Wildman–Crippen MR) is 65.7 cm³/mol. The van der Waals surface area contributed by atoms with E-state index in [1.807, 2.05) is 0 Å². The lowest BCUT2D eigenvalue weighted by molar-refractivity contribution is 0.240. The third-order valence-electron chi connectivity index (χ3n) is 4.32. The average Bonchev–Trinajstić information content (AvgIpc) is 3.03. The molecular weight excluding hydrogens is 220 g/mol. The Morgan fingerprint density at radius 1 is 1.31 bits per heavy atom. The number of ether oxygens (including phenoxy) is 1. The Kier molecular flexibility index (Phi) is 3.74. The van der Waals surface area contributed by atoms with Gasteiger partial charge in [0.15, 0.2) is 0 Å². The Morgan fingerprint density at radius 2 is 2.06 bits per heavy atom. The fourth-order valence-corrected chi connectivity index (χ4v) is 4.28. The van der Waals surface area contributed by atoms with Crippen LogP contribution < -0.4 is 0 Å². The molecule has 1 heterocycles. The first kappa shape index (κ1) is 12.6. The summed E-state index contributed by atoms with van der Waals surface area (Å²) in [6.45, 7) is 2.14. The van der Waals surface area contributed by atoms with E-state index >= 15 is 0 Å². The first-order valence-corrected chi connectivity index (χ1v) is 8.95. The molecule has 1 saturated heterocycles. The van der Waals surface area contributed by atoms with Crippen LogP contribution in [0.4, 0.5) is 0 Å². The van der Waals surface area contributed by atoms with Crippen molar-refractivity contribution in [2.45, 2.75) is 62.8 Å². The molecule has 2 unspecified atom stereocenters. The molecule has 4 heteroatoms. The normalized spacial score (nSPS) is 33.6. The van der Waals surface area contributed by atoms with Crippen molar-refractivity contribution in [3.05, 3.63) is 0 Å². The Bertz CT molecular complexity index is 242. The molecule has 94 valence electrons. The lowest BCUT2D eigenvalue weighted by Gasteiger charge is -2.24. The van der Waals surface area contributed by atoms with Gasteiger partial charge in [0.2, 0.25) is 0 Å². The molecule has 1 aliphatic heterocycles. The van der Waals surface area contributed by atoms with Gasteiger partial charge in [-0.1, -0.05) is 12.8 Å². The summed E-state index contributed by atoms with van der Waals surface area (Å²) in [6, 6.07) is 1.08. The summed E-state index contributed by atoms with van der Waals surface area (Å²) in [6.07, 6.45) is 8.22. The second-order valence-electron chi connectivity index (χ2n) is 5.31. The fourth-order valence-electron chi connectivity index (χ4n) is 2.89. The molecule has 1 aliphatic carbocycles. The van der Waals surface area contributed by atoms with Gasteiger partial charge in [0, 0.05) is 14.2 Å². The van der Waals surface area contributed by atoms with Crippen molar-refractivity contribution in [1.29, 1.82) is 0 Å². The molecule has 2 rings (SSSR count). The third kappa shape index (κ3) is 2.50. The molecule has 0 amide bonds. The summed E-state index contributed by atoms with van der Waals surface area (Å²) in [5, 5.41) is 0. The van der Waals surface area contributed by atoms with Crippen LogP contribution in [0.25, 0.3) is 0 Å². The molecule has 16 heavy (non-hydrogen) atoms. The van der Waals surface area contributed by atoms with E-state index < -0.39 is 8.56 Å². The molecule has 3 nitrogen and oxygen atoms in total. The Morgan fingerprint density at radius 3 is 2.69 bits per heavy atom. The van der Waals surface area contributed by atoms with Gasteiger partial charge in [0.05, 0.1) is 11.7 Å². The van der Waals surface area contributed by atoms with Gasteiger partial charge in [0.1, 0.15) is 0 Å². The van der Waals surface area contributed by atoms with Crippen LogP contribution in [0.15, 0.2) is 0 Å². The van der Waals surface area contributed by atoms with Crippen molar-refractivity contribution in [2.24, 2.45) is 0 Å². The van der Waals surface area contributed by atoms with Crippen LogP contribution in [-0.4, -0.2) is 34.5 Å². The van der Waals surface area contributed by atoms with Gasteiger partial charge in [0.25, 0.3) is 0 Å². The highest BCUT2D eigenvalue weighted by Crippen LogP contribution is 2.51. The van der Waals surface area contributed by atoms with E-state index in [1.165, 1.54) is 38.5 Å².